The summed E-state index contributed by atoms with van der Waals surface area (Å²) in [6.45, 7) is 1.71. The van der Waals surface area contributed by atoms with E-state index in [1.54, 1.807) is 31.2 Å². The molecule has 3 rings (SSSR count). The summed E-state index contributed by atoms with van der Waals surface area (Å²) in [5.74, 6) is -1.19. The van der Waals surface area contributed by atoms with E-state index in [-0.39, 0.29) is 47.6 Å². The Kier molecular flexibility index (Phi) is 5.27. The minimum absolute atomic E-state index is 0.00406. The standard InChI is InChI=1S/C19H19FN2O4S/c1-13(14-8-10-15(20)11-9-14)21-18(23)7-4-12-22-19(24)16-5-2-3-6-17(16)27(22,25)26/h2-3,5-6,8-11,13H,4,7,12H2,1H3,(H,21,23). The number of nitrogens with zero attached hydrogens (tertiary/aromatic N) is 1. The van der Waals surface area contributed by atoms with Gasteiger partial charge in [-0.15, -0.1) is 0 Å². The van der Waals surface area contributed by atoms with Gasteiger partial charge >= 0.3 is 0 Å². The lowest BCUT2D eigenvalue weighted by atomic mass is 10.1. The summed E-state index contributed by atoms with van der Waals surface area (Å²) in [4.78, 5) is 24.4. The van der Waals surface area contributed by atoms with Gasteiger partial charge in [-0.05, 0) is 43.2 Å². The third-order valence-electron chi connectivity index (χ3n) is 4.42. The fraction of sp³-hybridized carbons (Fsp3) is 0.263. The van der Waals surface area contributed by atoms with E-state index in [0.717, 1.165) is 9.87 Å². The lowest BCUT2D eigenvalue weighted by molar-refractivity contribution is -0.121. The second kappa shape index (κ2) is 7.48. The zero-order valence-corrected chi connectivity index (χ0v) is 15.5. The van der Waals surface area contributed by atoms with Crippen molar-refractivity contribution >= 4 is 21.8 Å². The minimum Gasteiger partial charge on any atom is -0.350 e. The number of halogens is 1. The van der Waals surface area contributed by atoms with Crippen molar-refractivity contribution in [2.24, 2.45) is 0 Å². The number of rotatable bonds is 6. The molecule has 0 saturated heterocycles. The molecule has 1 aliphatic rings. The maximum atomic E-state index is 13.0. The highest BCUT2D eigenvalue weighted by molar-refractivity contribution is 7.90. The van der Waals surface area contributed by atoms with E-state index < -0.39 is 15.9 Å². The van der Waals surface area contributed by atoms with Crippen LogP contribution in [0.15, 0.2) is 53.4 Å². The fourth-order valence-electron chi connectivity index (χ4n) is 2.98. The zero-order chi connectivity index (χ0) is 19.6. The zero-order valence-electron chi connectivity index (χ0n) is 14.7. The summed E-state index contributed by atoms with van der Waals surface area (Å²) in [7, 11) is -3.85. The van der Waals surface area contributed by atoms with Gasteiger partial charge in [0.25, 0.3) is 15.9 Å². The number of carbonyl (C=O) groups excluding carboxylic acids is 2. The Bertz CT molecular complexity index is 973. The lowest BCUT2D eigenvalue weighted by Gasteiger charge is -2.16. The molecule has 0 bridgehead atoms. The van der Waals surface area contributed by atoms with E-state index in [2.05, 4.69) is 5.32 Å². The van der Waals surface area contributed by atoms with Gasteiger partial charge in [0.15, 0.2) is 0 Å². The van der Waals surface area contributed by atoms with E-state index in [1.165, 1.54) is 24.3 Å². The van der Waals surface area contributed by atoms with Gasteiger partial charge in [0, 0.05) is 13.0 Å². The van der Waals surface area contributed by atoms with Crippen molar-refractivity contribution in [1.82, 2.24) is 9.62 Å². The molecule has 0 aromatic heterocycles. The highest BCUT2D eigenvalue weighted by atomic mass is 32.2. The van der Waals surface area contributed by atoms with E-state index in [1.807, 2.05) is 0 Å². The Balaban J connectivity index is 1.55. The molecule has 0 spiro atoms. The predicted octanol–water partition coefficient (Wildman–Crippen LogP) is 2.63. The number of benzene rings is 2. The van der Waals surface area contributed by atoms with Crippen LogP contribution in [0.5, 0.6) is 0 Å². The van der Waals surface area contributed by atoms with Gasteiger partial charge in [-0.3, -0.25) is 9.59 Å². The fourth-order valence-corrected chi connectivity index (χ4v) is 4.59. The van der Waals surface area contributed by atoms with Crippen LogP contribution in [-0.2, 0) is 14.8 Å². The molecular formula is C19H19FN2O4S. The van der Waals surface area contributed by atoms with Crippen molar-refractivity contribution in [1.29, 1.82) is 0 Å². The van der Waals surface area contributed by atoms with Crippen LogP contribution in [0.3, 0.4) is 0 Å². The number of carbonyl (C=O) groups is 2. The van der Waals surface area contributed by atoms with E-state index in [4.69, 9.17) is 0 Å². The Labute approximate surface area is 157 Å². The van der Waals surface area contributed by atoms with E-state index in [9.17, 15) is 22.4 Å². The quantitative estimate of drug-likeness (QED) is 0.822. The van der Waals surface area contributed by atoms with E-state index in [0.29, 0.717) is 0 Å². The summed E-state index contributed by atoms with van der Waals surface area (Å²) < 4.78 is 38.6. The maximum absolute atomic E-state index is 13.0. The number of nitrogens with one attached hydrogen (secondary N) is 1. The third kappa shape index (κ3) is 3.85. The molecule has 0 radical (unpaired) electrons. The molecule has 0 fully saturated rings. The normalized spacial score (nSPS) is 16.1. The van der Waals surface area contributed by atoms with Gasteiger partial charge in [-0.1, -0.05) is 24.3 Å². The first-order valence-electron chi connectivity index (χ1n) is 8.51. The van der Waals surface area contributed by atoms with Gasteiger partial charge in [0.2, 0.25) is 5.91 Å². The average Bonchev–Trinajstić information content (AvgIpc) is 2.83. The molecule has 2 aromatic carbocycles. The molecular weight excluding hydrogens is 371 g/mol. The molecule has 1 N–H and O–H groups in total. The molecule has 8 heteroatoms. The number of sulfonamides is 1. The summed E-state index contributed by atoms with van der Waals surface area (Å²) >= 11 is 0. The number of hydrogen-bond acceptors (Lipinski definition) is 4. The molecule has 2 amide bonds. The minimum atomic E-state index is -3.85. The molecule has 1 unspecified atom stereocenters. The topological polar surface area (TPSA) is 83.6 Å². The summed E-state index contributed by atoms with van der Waals surface area (Å²) in [5, 5.41) is 2.78. The predicted molar refractivity (Wildman–Crippen MR) is 96.9 cm³/mol. The van der Waals surface area contributed by atoms with Crippen LogP contribution in [0.25, 0.3) is 0 Å². The summed E-state index contributed by atoms with van der Waals surface area (Å²) in [6.07, 6.45) is 0.280. The highest BCUT2D eigenvalue weighted by Gasteiger charge is 2.40. The maximum Gasteiger partial charge on any atom is 0.269 e. The van der Waals surface area contributed by atoms with Crippen LogP contribution >= 0.6 is 0 Å². The van der Waals surface area contributed by atoms with Gasteiger partial charge in [-0.25, -0.2) is 17.1 Å². The van der Waals surface area contributed by atoms with Crippen LogP contribution in [-0.4, -0.2) is 31.1 Å². The molecule has 6 nitrogen and oxygen atoms in total. The smallest absolute Gasteiger partial charge is 0.269 e. The van der Waals surface area contributed by atoms with E-state index >= 15 is 0 Å². The van der Waals surface area contributed by atoms with Crippen molar-refractivity contribution in [3.63, 3.8) is 0 Å². The first-order valence-corrected chi connectivity index (χ1v) is 9.95. The highest BCUT2D eigenvalue weighted by Crippen LogP contribution is 2.30. The van der Waals surface area contributed by atoms with Crippen LogP contribution in [0, 0.1) is 5.82 Å². The largest absolute Gasteiger partial charge is 0.350 e. The number of fused-ring (bicyclic) bond motifs is 1. The van der Waals surface area contributed by atoms with Gasteiger partial charge < -0.3 is 5.32 Å². The number of hydrogen-bond donors (Lipinski definition) is 1. The van der Waals surface area contributed by atoms with Crippen LogP contribution < -0.4 is 5.32 Å². The van der Waals surface area contributed by atoms with Crippen LogP contribution in [0.2, 0.25) is 0 Å². The van der Waals surface area contributed by atoms with Crippen molar-refractivity contribution in [3.05, 3.63) is 65.5 Å². The number of amides is 2. The van der Waals surface area contributed by atoms with Gasteiger partial charge in [0.05, 0.1) is 11.6 Å². The second-order valence-electron chi connectivity index (χ2n) is 6.32. The lowest BCUT2D eigenvalue weighted by Crippen LogP contribution is -2.32. The molecule has 2 aromatic rings. The summed E-state index contributed by atoms with van der Waals surface area (Å²) in [6, 6.07) is 11.6. The first-order chi connectivity index (χ1) is 12.8. The third-order valence-corrected chi connectivity index (χ3v) is 6.27. The molecule has 27 heavy (non-hydrogen) atoms. The second-order valence-corrected chi connectivity index (χ2v) is 8.15. The molecule has 0 aliphatic carbocycles. The Morgan fingerprint density at radius 3 is 2.48 bits per heavy atom. The van der Waals surface area contributed by atoms with Crippen molar-refractivity contribution in [3.8, 4) is 0 Å². The molecule has 1 heterocycles. The monoisotopic (exact) mass is 390 g/mol. The van der Waals surface area contributed by atoms with Crippen LogP contribution in [0.4, 0.5) is 4.39 Å². The Morgan fingerprint density at radius 1 is 1.15 bits per heavy atom. The molecule has 1 atom stereocenters. The average molecular weight is 390 g/mol. The van der Waals surface area contributed by atoms with Gasteiger partial charge in [-0.2, -0.15) is 0 Å². The van der Waals surface area contributed by atoms with Crippen molar-refractivity contribution in [2.45, 2.75) is 30.7 Å². The molecule has 1 aliphatic heterocycles. The first kappa shape index (κ1) is 19.0. The summed E-state index contributed by atoms with van der Waals surface area (Å²) in [5.41, 5.74) is 0.921. The molecule has 0 saturated carbocycles. The van der Waals surface area contributed by atoms with Crippen LogP contribution in [0.1, 0.15) is 41.7 Å². The van der Waals surface area contributed by atoms with Crippen molar-refractivity contribution < 1.29 is 22.4 Å². The van der Waals surface area contributed by atoms with Crippen molar-refractivity contribution in [2.75, 3.05) is 6.54 Å². The molecule has 142 valence electrons. The Hall–Kier alpha value is -2.74. The Morgan fingerprint density at radius 2 is 1.81 bits per heavy atom. The SMILES string of the molecule is CC(NC(=O)CCCN1C(=O)c2ccccc2S1(=O)=O)c1ccc(F)cc1. The van der Waals surface area contributed by atoms with Gasteiger partial charge in [0.1, 0.15) is 10.7 Å².